The van der Waals surface area contributed by atoms with E-state index in [0.717, 1.165) is 44.4 Å². The van der Waals surface area contributed by atoms with E-state index in [1.54, 1.807) is 18.4 Å². The number of nitrogens with zero attached hydrogens (tertiary/aromatic N) is 2. The summed E-state index contributed by atoms with van der Waals surface area (Å²) in [6.45, 7) is 9.23. The van der Waals surface area contributed by atoms with Crippen LogP contribution >= 0.6 is 11.3 Å². The Bertz CT molecular complexity index is 1210. The summed E-state index contributed by atoms with van der Waals surface area (Å²) in [6.07, 6.45) is 1.23. The number of aryl methyl sites for hydroxylation is 2. The van der Waals surface area contributed by atoms with Crippen LogP contribution in [0.2, 0.25) is 0 Å². The van der Waals surface area contributed by atoms with Gasteiger partial charge in [-0.3, -0.25) is 0 Å². The van der Waals surface area contributed by atoms with Gasteiger partial charge >= 0.3 is 0 Å². The highest BCUT2D eigenvalue weighted by Gasteiger charge is 2.34. The third-order valence-electron chi connectivity index (χ3n) is 6.59. The van der Waals surface area contributed by atoms with Crippen molar-refractivity contribution in [2.75, 3.05) is 25.1 Å². The van der Waals surface area contributed by atoms with E-state index in [0.29, 0.717) is 30.8 Å². The van der Waals surface area contributed by atoms with Crippen LogP contribution in [-0.2, 0) is 9.84 Å². The lowest BCUT2D eigenvalue weighted by Crippen LogP contribution is -2.39. The van der Waals surface area contributed by atoms with Crippen molar-refractivity contribution in [1.82, 2.24) is 4.98 Å². The van der Waals surface area contributed by atoms with Gasteiger partial charge in [0.15, 0.2) is 15.0 Å². The number of hydrogen-bond acceptors (Lipinski definition) is 6. The van der Waals surface area contributed by atoms with Crippen molar-refractivity contribution in [1.29, 1.82) is 0 Å². The molecule has 1 aliphatic heterocycles. The summed E-state index contributed by atoms with van der Waals surface area (Å²) in [5.41, 5.74) is 5.79. The Morgan fingerprint density at radius 1 is 1.03 bits per heavy atom. The van der Waals surface area contributed by atoms with Gasteiger partial charge in [0.05, 0.1) is 22.9 Å². The third-order valence-corrected chi connectivity index (χ3v) is 10.0. The molecule has 0 amide bonds. The minimum atomic E-state index is -3.38. The van der Waals surface area contributed by atoms with E-state index in [-0.39, 0.29) is 5.25 Å². The Labute approximate surface area is 195 Å². The summed E-state index contributed by atoms with van der Waals surface area (Å²) >= 11 is 1.60. The van der Waals surface area contributed by atoms with Gasteiger partial charge in [0.1, 0.15) is 5.75 Å². The van der Waals surface area contributed by atoms with Gasteiger partial charge in [-0.2, -0.15) is 0 Å². The number of rotatable bonds is 5. The van der Waals surface area contributed by atoms with E-state index in [4.69, 9.17) is 9.72 Å². The Morgan fingerprint density at radius 2 is 1.69 bits per heavy atom. The van der Waals surface area contributed by atoms with Crippen LogP contribution in [0.1, 0.15) is 35.1 Å². The Hall–Kier alpha value is -2.38. The summed E-state index contributed by atoms with van der Waals surface area (Å²) in [6, 6.07) is 9.96. The van der Waals surface area contributed by atoms with Crippen molar-refractivity contribution in [3.8, 4) is 17.0 Å². The van der Waals surface area contributed by atoms with Gasteiger partial charge in [-0.1, -0.05) is 18.2 Å². The molecule has 0 bridgehead atoms. The smallest absolute Gasteiger partial charge is 0.185 e. The first kappa shape index (κ1) is 22.8. The zero-order valence-corrected chi connectivity index (χ0v) is 20.9. The molecule has 7 heteroatoms. The SMILES string of the molecule is COc1cccc(-c2csc(N3CCC(S(=O)(=O)c4c(C)c(C)cc(C)c4C)CC3)n2)c1. The molecular weight excluding hydrogens is 440 g/mol. The molecule has 0 spiro atoms. The minimum absolute atomic E-state index is 0.352. The molecule has 1 aromatic heterocycles. The molecule has 3 aromatic rings. The molecule has 0 unspecified atom stereocenters. The number of anilines is 1. The van der Waals surface area contributed by atoms with E-state index in [1.165, 1.54) is 0 Å². The number of thiazole rings is 1. The molecule has 2 heterocycles. The van der Waals surface area contributed by atoms with Gasteiger partial charge in [-0.15, -0.1) is 11.3 Å². The van der Waals surface area contributed by atoms with Crippen LogP contribution in [-0.4, -0.2) is 38.9 Å². The number of sulfone groups is 1. The number of hydrogen-bond donors (Lipinski definition) is 0. The monoisotopic (exact) mass is 470 g/mol. The maximum absolute atomic E-state index is 13.6. The molecule has 0 aliphatic carbocycles. The van der Waals surface area contributed by atoms with Crippen LogP contribution in [0.15, 0.2) is 40.6 Å². The molecule has 0 saturated carbocycles. The van der Waals surface area contributed by atoms with E-state index >= 15 is 0 Å². The zero-order chi connectivity index (χ0) is 23.0. The van der Waals surface area contributed by atoms with Gasteiger partial charge < -0.3 is 9.64 Å². The average molecular weight is 471 g/mol. The highest BCUT2D eigenvalue weighted by atomic mass is 32.2. The van der Waals surface area contributed by atoms with Gasteiger partial charge in [0, 0.05) is 24.0 Å². The topological polar surface area (TPSA) is 59.5 Å². The van der Waals surface area contributed by atoms with Crippen molar-refractivity contribution < 1.29 is 13.2 Å². The highest BCUT2D eigenvalue weighted by molar-refractivity contribution is 7.92. The lowest BCUT2D eigenvalue weighted by molar-refractivity contribution is 0.415. The van der Waals surface area contributed by atoms with Crippen LogP contribution in [0.5, 0.6) is 5.75 Å². The Morgan fingerprint density at radius 3 is 2.31 bits per heavy atom. The van der Waals surface area contributed by atoms with E-state index in [1.807, 2.05) is 52.0 Å². The summed E-state index contributed by atoms with van der Waals surface area (Å²) < 4.78 is 32.5. The van der Waals surface area contributed by atoms with Gasteiger partial charge in [-0.05, 0) is 74.9 Å². The van der Waals surface area contributed by atoms with E-state index in [9.17, 15) is 8.42 Å². The Kier molecular flexibility index (Phi) is 6.32. The van der Waals surface area contributed by atoms with Crippen molar-refractivity contribution in [3.63, 3.8) is 0 Å². The second-order valence-electron chi connectivity index (χ2n) is 8.57. The first-order valence-corrected chi connectivity index (χ1v) is 13.3. The van der Waals surface area contributed by atoms with Crippen LogP contribution in [0, 0.1) is 27.7 Å². The lowest BCUT2D eigenvalue weighted by atomic mass is 10.0. The number of ether oxygens (including phenoxy) is 1. The molecule has 2 aromatic carbocycles. The van der Waals surface area contributed by atoms with Gasteiger partial charge in [0.2, 0.25) is 0 Å². The first-order chi connectivity index (χ1) is 15.2. The van der Waals surface area contributed by atoms with Crippen LogP contribution in [0.4, 0.5) is 5.13 Å². The molecule has 5 nitrogen and oxygen atoms in total. The van der Waals surface area contributed by atoms with Crippen molar-refractivity contribution in [2.45, 2.75) is 50.7 Å². The number of benzene rings is 2. The fourth-order valence-corrected chi connectivity index (χ4v) is 7.68. The molecule has 170 valence electrons. The first-order valence-electron chi connectivity index (χ1n) is 10.9. The second-order valence-corrected chi connectivity index (χ2v) is 11.6. The average Bonchev–Trinajstić information content (AvgIpc) is 3.28. The third kappa shape index (κ3) is 4.16. The maximum Gasteiger partial charge on any atom is 0.185 e. The molecule has 0 N–H and O–H groups in total. The van der Waals surface area contributed by atoms with Gasteiger partial charge in [0.25, 0.3) is 0 Å². The summed E-state index contributed by atoms with van der Waals surface area (Å²) in [4.78, 5) is 7.57. The fraction of sp³-hybridized carbons (Fsp3) is 0.400. The molecule has 1 saturated heterocycles. The second kappa shape index (κ2) is 8.87. The normalized spacial score (nSPS) is 15.2. The maximum atomic E-state index is 13.6. The molecule has 4 rings (SSSR count). The molecule has 32 heavy (non-hydrogen) atoms. The van der Waals surface area contributed by atoms with Crippen LogP contribution in [0.25, 0.3) is 11.3 Å². The molecule has 0 atom stereocenters. The minimum Gasteiger partial charge on any atom is -0.497 e. The summed E-state index contributed by atoms with van der Waals surface area (Å²) in [5, 5.41) is 2.64. The highest BCUT2D eigenvalue weighted by Crippen LogP contribution is 2.35. The lowest BCUT2D eigenvalue weighted by Gasteiger charge is -2.32. The number of piperidine rings is 1. The van der Waals surface area contributed by atoms with E-state index in [2.05, 4.69) is 16.3 Å². The van der Waals surface area contributed by atoms with Crippen LogP contribution < -0.4 is 9.64 Å². The standard InChI is InChI=1S/C25H30N2O3S2/c1-16-13-17(2)19(4)24(18(16)3)32(28,29)22-9-11-27(12-10-22)25-26-23(15-31-25)20-7-6-8-21(14-20)30-5/h6-8,13-15,22H,9-12H2,1-5H3. The van der Waals surface area contributed by atoms with Crippen molar-refractivity contribution in [3.05, 3.63) is 58.0 Å². The predicted molar refractivity (Wildman–Crippen MR) is 132 cm³/mol. The van der Waals surface area contributed by atoms with Gasteiger partial charge in [-0.25, -0.2) is 13.4 Å². The van der Waals surface area contributed by atoms with Crippen molar-refractivity contribution >= 4 is 26.3 Å². The molecular formula is C25H30N2O3S2. The zero-order valence-electron chi connectivity index (χ0n) is 19.3. The fourth-order valence-electron chi connectivity index (χ4n) is 4.46. The Balaban J connectivity index is 1.51. The summed E-state index contributed by atoms with van der Waals surface area (Å²) in [5.74, 6) is 0.806. The molecule has 0 radical (unpaired) electrons. The number of methoxy groups -OCH3 is 1. The predicted octanol–water partition coefficient (Wildman–Crippen LogP) is 5.50. The number of aromatic nitrogens is 1. The van der Waals surface area contributed by atoms with E-state index < -0.39 is 9.84 Å². The molecule has 1 fully saturated rings. The van der Waals surface area contributed by atoms with Crippen LogP contribution in [0.3, 0.4) is 0 Å². The largest absolute Gasteiger partial charge is 0.497 e. The summed E-state index contributed by atoms with van der Waals surface area (Å²) in [7, 11) is -1.72. The van der Waals surface area contributed by atoms with Crippen molar-refractivity contribution in [2.24, 2.45) is 0 Å². The quantitative estimate of drug-likeness (QED) is 0.493. The molecule has 1 aliphatic rings.